The van der Waals surface area contributed by atoms with Crippen molar-refractivity contribution < 1.29 is 13.2 Å². The Balaban J connectivity index is 1.89. The van der Waals surface area contributed by atoms with E-state index in [4.69, 9.17) is 4.74 Å². The highest BCUT2D eigenvalue weighted by Crippen LogP contribution is 2.29. The van der Waals surface area contributed by atoms with Gasteiger partial charge in [-0.1, -0.05) is 52.3 Å². The molecular formula is C18H16BrNO3S. The lowest BCUT2D eigenvalue weighted by Gasteiger charge is -2.11. The first-order chi connectivity index (χ1) is 11.5. The van der Waals surface area contributed by atoms with Crippen LogP contribution in [0.1, 0.15) is 5.56 Å². The standard InChI is InChI=1S/C18H16BrNO3S/c1-23-14-8-6-13(7-9-14)12-20-24(21,22)18-11-10-17(19)15-4-2-3-5-16(15)18/h2-11,20H,12H2,1H3. The minimum atomic E-state index is -3.62. The van der Waals surface area contributed by atoms with Crippen molar-refractivity contribution >= 4 is 36.7 Å². The first-order valence-electron chi connectivity index (χ1n) is 7.31. The molecule has 0 fully saturated rings. The van der Waals surface area contributed by atoms with Crippen molar-refractivity contribution in [2.24, 2.45) is 0 Å². The van der Waals surface area contributed by atoms with Crippen LogP contribution in [0, 0.1) is 0 Å². The third-order valence-corrected chi connectivity index (χ3v) is 5.90. The number of methoxy groups -OCH3 is 1. The molecule has 3 aromatic carbocycles. The molecule has 0 atom stereocenters. The van der Waals surface area contributed by atoms with Gasteiger partial charge in [0, 0.05) is 16.4 Å². The molecule has 24 heavy (non-hydrogen) atoms. The number of benzene rings is 3. The second-order valence-corrected chi connectivity index (χ2v) is 7.85. The van der Waals surface area contributed by atoms with Crippen LogP contribution in [0.15, 0.2) is 70.0 Å². The third kappa shape index (κ3) is 3.45. The summed E-state index contributed by atoms with van der Waals surface area (Å²) in [4.78, 5) is 0.273. The summed E-state index contributed by atoms with van der Waals surface area (Å²) < 4.78 is 34.0. The van der Waals surface area contributed by atoms with Crippen LogP contribution >= 0.6 is 15.9 Å². The molecular weight excluding hydrogens is 390 g/mol. The Morgan fingerprint density at radius 1 is 0.958 bits per heavy atom. The Kier molecular flexibility index (Phi) is 4.89. The van der Waals surface area contributed by atoms with E-state index < -0.39 is 10.0 Å². The molecule has 3 rings (SSSR count). The maximum Gasteiger partial charge on any atom is 0.241 e. The van der Waals surface area contributed by atoms with Crippen LogP contribution in [-0.4, -0.2) is 15.5 Å². The van der Waals surface area contributed by atoms with Crippen molar-refractivity contribution in [3.8, 4) is 5.75 Å². The number of rotatable bonds is 5. The van der Waals surface area contributed by atoms with Crippen molar-refractivity contribution in [1.82, 2.24) is 4.72 Å². The number of nitrogens with one attached hydrogen (secondary N) is 1. The number of hydrogen-bond donors (Lipinski definition) is 1. The lowest BCUT2D eigenvalue weighted by molar-refractivity contribution is 0.414. The summed E-state index contributed by atoms with van der Waals surface area (Å²) in [6.45, 7) is 0.219. The molecule has 0 aliphatic carbocycles. The van der Waals surface area contributed by atoms with Gasteiger partial charge in [-0.05, 0) is 35.2 Å². The molecule has 0 aromatic heterocycles. The lowest BCUT2D eigenvalue weighted by Crippen LogP contribution is -2.23. The molecule has 0 heterocycles. The van der Waals surface area contributed by atoms with E-state index in [-0.39, 0.29) is 11.4 Å². The Morgan fingerprint density at radius 2 is 1.62 bits per heavy atom. The van der Waals surface area contributed by atoms with Crippen LogP contribution in [0.4, 0.5) is 0 Å². The van der Waals surface area contributed by atoms with Gasteiger partial charge in [0.2, 0.25) is 10.0 Å². The van der Waals surface area contributed by atoms with E-state index >= 15 is 0 Å². The maximum atomic E-state index is 12.7. The third-order valence-electron chi connectivity index (χ3n) is 3.75. The van der Waals surface area contributed by atoms with Gasteiger partial charge in [-0.2, -0.15) is 0 Å². The van der Waals surface area contributed by atoms with E-state index in [2.05, 4.69) is 20.7 Å². The van der Waals surface area contributed by atoms with Gasteiger partial charge in [0.05, 0.1) is 12.0 Å². The largest absolute Gasteiger partial charge is 0.497 e. The molecule has 0 aliphatic heterocycles. The predicted molar refractivity (Wildman–Crippen MR) is 98.7 cm³/mol. The zero-order valence-electron chi connectivity index (χ0n) is 13.0. The van der Waals surface area contributed by atoms with Gasteiger partial charge < -0.3 is 4.74 Å². The molecule has 0 bridgehead atoms. The Labute approximate surface area is 149 Å². The van der Waals surface area contributed by atoms with Crippen LogP contribution in [0.3, 0.4) is 0 Å². The smallest absolute Gasteiger partial charge is 0.241 e. The van der Waals surface area contributed by atoms with Crippen LogP contribution in [0.5, 0.6) is 5.75 Å². The molecule has 0 saturated carbocycles. The average molecular weight is 406 g/mol. The molecule has 124 valence electrons. The number of ether oxygens (including phenoxy) is 1. The fraction of sp³-hybridized carbons (Fsp3) is 0.111. The van der Waals surface area contributed by atoms with Gasteiger partial charge in [0.1, 0.15) is 5.75 Å². The number of halogens is 1. The van der Waals surface area contributed by atoms with Gasteiger partial charge in [-0.3, -0.25) is 0 Å². The highest BCUT2D eigenvalue weighted by Gasteiger charge is 2.17. The molecule has 4 nitrogen and oxygen atoms in total. The van der Waals surface area contributed by atoms with Crippen molar-refractivity contribution in [1.29, 1.82) is 0 Å². The van der Waals surface area contributed by atoms with Crippen molar-refractivity contribution in [2.75, 3.05) is 7.11 Å². The molecule has 1 N–H and O–H groups in total. The Morgan fingerprint density at radius 3 is 2.29 bits per heavy atom. The minimum absolute atomic E-state index is 0.219. The van der Waals surface area contributed by atoms with Crippen LogP contribution < -0.4 is 9.46 Å². The first-order valence-corrected chi connectivity index (χ1v) is 9.59. The summed E-state index contributed by atoms with van der Waals surface area (Å²) >= 11 is 3.46. The Bertz CT molecular complexity index is 969. The predicted octanol–water partition coefficient (Wildman–Crippen LogP) is 4.09. The van der Waals surface area contributed by atoms with Gasteiger partial charge in [0.25, 0.3) is 0 Å². The van der Waals surface area contributed by atoms with E-state index in [0.29, 0.717) is 5.39 Å². The first kappa shape index (κ1) is 17.0. The molecule has 0 aliphatic rings. The van der Waals surface area contributed by atoms with Gasteiger partial charge in [-0.25, -0.2) is 13.1 Å². The monoisotopic (exact) mass is 405 g/mol. The van der Waals surface area contributed by atoms with E-state index in [9.17, 15) is 8.42 Å². The molecule has 3 aromatic rings. The molecule has 0 radical (unpaired) electrons. The topological polar surface area (TPSA) is 55.4 Å². The summed E-state index contributed by atoms with van der Waals surface area (Å²) in [6.07, 6.45) is 0. The lowest BCUT2D eigenvalue weighted by atomic mass is 10.1. The number of fused-ring (bicyclic) bond motifs is 1. The van der Waals surface area contributed by atoms with Crippen LogP contribution in [0.25, 0.3) is 10.8 Å². The zero-order valence-corrected chi connectivity index (χ0v) is 15.4. The maximum absolute atomic E-state index is 12.7. The van der Waals surface area contributed by atoms with Crippen LogP contribution in [-0.2, 0) is 16.6 Å². The van der Waals surface area contributed by atoms with Gasteiger partial charge >= 0.3 is 0 Å². The normalized spacial score (nSPS) is 11.6. The van der Waals surface area contributed by atoms with E-state index in [1.54, 1.807) is 31.4 Å². The van der Waals surface area contributed by atoms with Gasteiger partial charge in [0.15, 0.2) is 0 Å². The fourth-order valence-corrected chi connectivity index (χ4v) is 4.17. The second kappa shape index (κ2) is 6.93. The summed E-state index contributed by atoms with van der Waals surface area (Å²) in [5.74, 6) is 0.737. The fourth-order valence-electron chi connectivity index (χ4n) is 2.47. The summed E-state index contributed by atoms with van der Waals surface area (Å²) in [6, 6.07) is 18.1. The second-order valence-electron chi connectivity index (χ2n) is 5.26. The molecule has 0 amide bonds. The van der Waals surface area contributed by atoms with E-state index in [1.807, 2.05) is 36.4 Å². The Hall–Kier alpha value is -1.89. The highest BCUT2D eigenvalue weighted by atomic mass is 79.9. The summed E-state index contributed by atoms with van der Waals surface area (Å²) in [7, 11) is -2.03. The number of sulfonamides is 1. The quantitative estimate of drug-likeness (QED) is 0.695. The average Bonchev–Trinajstić information content (AvgIpc) is 2.61. The van der Waals surface area contributed by atoms with Crippen molar-refractivity contribution in [3.05, 3.63) is 70.7 Å². The van der Waals surface area contributed by atoms with Crippen LogP contribution in [0.2, 0.25) is 0 Å². The SMILES string of the molecule is COc1ccc(CNS(=O)(=O)c2ccc(Br)c3ccccc23)cc1. The van der Waals surface area contributed by atoms with E-state index in [1.165, 1.54) is 0 Å². The molecule has 0 unspecified atom stereocenters. The molecule has 0 spiro atoms. The zero-order chi connectivity index (χ0) is 17.2. The van der Waals surface area contributed by atoms with Crippen molar-refractivity contribution in [3.63, 3.8) is 0 Å². The molecule has 6 heteroatoms. The summed E-state index contributed by atoms with van der Waals surface area (Å²) in [5.41, 5.74) is 0.862. The van der Waals surface area contributed by atoms with E-state index in [0.717, 1.165) is 21.2 Å². The minimum Gasteiger partial charge on any atom is -0.497 e. The highest BCUT2D eigenvalue weighted by molar-refractivity contribution is 9.10. The van der Waals surface area contributed by atoms with Crippen molar-refractivity contribution in [2.45, 2.75) is 11.4 Å². The summed E-state index contributed by atoms with van der Waals surface area (Å²) in [5, 5.41) is 1.55. The van der Waals surface area contributed by atoms with Gasteiger partial charge in [-0.15, -0.1) is 0 Å². The number of hydrogen-bond acceptors (Lipinski definition) is 3. The molecule has 0 saturated heterocycles.